The zero-order chi connectivity index (χ0) is 20.1. The van der Waals surface area contributed by atoms with E-state index in [-0.39, 0.29) is 24.8 Å². The molecule has 28 heavy (non-hydrogen) atoms. The lowest BCUT2D eigenvalue weighted by molar-refractivity contribution is -0.134. The summed E-state index contributed by atoms with van der Waals surface area (Å²) in [5.74, 6) is 0.758. The quantitative estimate of drug-likeness (QED) is 0.676. The number of aryl methyl sites for hydroxylation is 1. The molecule has 0 fully saturated rings. The minimum atomic E-state index is -0.459. The first kappa shape index (κ1) is 19.7. The van der Waals surface area contributed by atoms with Gasteiger partial charge in [-0.25, -0.2) is 4.79 Å². The maximum Gasteiger partial charge on any atom is 0.359 e. The Morgan fingerprint density at radius 3 is 2.39 bits per heavy atom. The Kier molecular flexibility index (Phi) is 6.18. The first-order valence-electron chi connectivity index (χ1n) is 9.38. The third-order valence-corrected chi connectivity index (χ3v) is 4.56. The number of amides is 1. The van der Waals surface area contributed by atoms with E-state index in [1.807, 2.05) is 6.92 Å². The van der Waals surface area contributed by atoms with Gasteiger partial charge in [0, 0.05) is 31.3 Å². The monoisotopic (exact) mass is 387 g/mol. The van der Waals surface area contributed by atoms with E-state index in [1.54, 1.807) is 47.8 Å². The fourth-order valence-corrected chi connectivity index (χ4v) is 3.20. The first-order valence-corrected chi connectivity index (χ1v) is 9.38. The van der Waals surface area contributed by atoms with Crippen LogP contribution in [0.25, 0.3) is 0 Å². The van der Waals surface area contributed by atoms with Crippen molar-refractivity contribution in [3.05, 3.63) is 41.2 Å². The number of rotatable bonds is 7. The van der Waals surface area contributed by atoms with Crippen LogP contribution in [-0.2, 0) is 29.5 Å². The molecule has 0 atom stereocenters. The Bertz CT molecular complexity index is 844. The fraction of sp³-hybridized carbons (Fsp3) is 0.450. The summed E-state index contributed by atoms with van der Waals surface area (Å²) < 4.78 is 17.8. The van der Waals surface area contributed by atoms with E-state index in [0.29, 0.717) is 31.9 Å². The molecule has 1 aliphatic heterocycles. The van der Waals surface area contributed by atoms with Gasteiger partial charge in [0.1, 0.15) is 11.5 Å². The number of benzene rings is 1. The van der Waals surface area contributed by atoms with Gasteiger partial charge in [0.25, 0.3) is 5.91 Å². The third kappa shape index (κ3) is 4.27. The molecule has 0 aliphatic carbocycles. The number of carbonyl (C=O) groups is 2. The summed E-state index contributed by atoms with van der Waals surface area (Å²) in [6.45, 7) is 5.35. The van der Waals surface area contributed by atoms with E-state index in [2.05, 4.69) is 5.10 Å². The second-order valence-electron chi connectivity index (χ2n) is 6.38. The van der Waals surface area contributed by atoms with Crippen LogP contribution in [0.4, 0.5) is 0 Å². The van der Waals surface area contributed by atoms with Crippen molar-refractivity contribution in [3.8, 4) is 11.5 Å². The number of aromatic nitrogens is 2. The number of fused-ring (bicyclic) bond motifs is 1. The molecule has 150 valence electrons. The Balaban J connectivity index is 1.63. The van der Waals surface area contributed by atoms with Crippen molar-refractivity contribution in [2.45, 2.75) is 26.8 Å². The van der Waals surface area contributed by atoms with Gasteiger partial charge in [0.05, 0.1) is 19.8 Å². The van der Waals surface area contributed by atoms with Crippen LogP contribution in [0.15, 0.2) is 24.3 Å². The zero-order valence-corrected chi connectivity index (χ0v) is 16.4. The normalized spacial score (nSPS) is 13.0. The lowest BCUT2D eigenvalue weighted by Gasteiger charge is -2.27. The highest BCUT2D eigenvalue weighted by atomic mass is 16.5. The van der Waals surface area contributed by atoms with Gasteiger partial charge in [0.2, 0.25) is 0 Å². The predicted molar refractivity (Wildman–Crippen MR) is 101 cm³/mol. The van der Waals surface area contributed by atoms with Crippen LogP contribution in [0.1, 0.15) is 35.6 Å². The molecule has 1 amide bonds. The number of hydrogen-bond acceptors (Lipinski definition) is 6. The van der Waals surface area contributed by atoms with E-state index in [4.69, 9.17) is 14.2 Å². The SMILES string of the molecule is CCOC(=O)c1nn(C)c2c1CN(C(=O)COc1ccc(OCC)cc1)CC2. The summed E-state index contributed by atoms with van der Waals surface area (Å²) >= 11 is 0. The highest BCUT2D eigenvalue weighted by molar-refractivity contribution is 5.89. The van der Waals surface area contributed by atoms with E-state index in [1.165, 1.54) is 0 Å². The molecule has 0 unspecified atom stereocenters. The fourth-order valence-electron chi connectivity index (χ4n) is 3.20. The van der Waals surface area contributed by atoms with E-state index >= 15 is 0 Å². The van der Waals surface area contributed by atoms with E-state index < -0.39 is 5.97 Å². The predicted octanol–water partition coefficient (Wildman–Crippen LogP) is 1.96. The molecule has 8 heteroatoms. The topological polar surface area (TPSA) is 82.9 Å². The van der Waals surface area contributed by atoms with Crippen molar-refractivity contribution >= 4 is 11.9 Å². The van der Waals surface area contributed by atoms with Gasteiger partial charge in [0.15, 0.2) is 12.3 Å². The molecule has 0 saturated heterocycles. The van der Waals surface area contributed by atoms with Crippen molar-refractivity contribution in [2.24, 2.45) is 7.05 Å². The van der Waals surface area contributed by atoms with Crippen molar-refractivity contribution in [2.75, 3.05) is 26.4 Å². The van der Waals surface area contributed by atoms with Crippen molar-refractivity contribution < 1.29 is 23.8 Å². The van der Waals surface area contributed by atoms with Crippen LogP contribution >= 0.6 is 0 Å². The number of hydrogen-bond donors (Lipinski definition) is 0. The Morgan fingerprint density at radius 1 is 1.07 bits per heavy atom. The lowest BCUT2D eigenvalue weighted by atomic mass is 10.0. The molecule has 8 nitrogen and oxygen atoms in total. The molecule has 0 N–H and O–H groups in total. The first-order chi connectivity index (χ1) is 13.5. The molecule has 0 bridgehead atoms. The summed E-state index contributed by atoms with van der Waals surface area (Å²) in [5.41, 5.74) is 1.99. The average Bonchev–Trinajstić information content (AvgIpc) is 3.04. The van der Waals surface area contributed by atoms with Crippen LogP contribution in [0.3, 0.4) is 0 Å². The summed E-state index contributed by atoms with van der Waals surface area (Å²) in [5, 5.41) is 4.28. The second kappa shape index (κ2) is 8.77. The van der Waals surface area contributed by atoms with E-state index in [9.17, 15) is 9.59 Å². The molecule has 1 aromatic carbocycles. The van der Waals surface area contributed by atoms with Gasteiger partial charge in [-0.15, -0.1) is 0 Å². The van der Waals surface area contributed by atoms with Gasteiger partial charge < -0.3 is 19.1 Å². The molecule has 1 aromatic heterocycles. The van der Waals surface area contributed by atoms with Gasteiger partial charge >= 0.3 is 5.97 Å². The highest BCUT2D eigenvalue weighted by Gasteiger charge is 2.30. The van der Waals surface area contributed by atoms with Crippen LogP contribution in [0.2, 0.25) is 0 Å². The largest absolute Gasteiger partial charge is 0.494 e. The highest BCUT2D eigenvalue weighted by Crippen LogP contribution is 2.23. The minimum Gasteiger partial charge on any atom is -0.494 e. The lowest BCUT2D eigenvalue weighted by Crippen LogP contribution is -2.39. The third-order valence-electron chi connectivity index (χ3n) is 4.56. The molecule has 2 aromatic rings. The van der Waals surface area contributed by atoms with Crippen LogP contribution in [0.5, 0.6) is 11.5 Å². The molecule has 1 aliphatic rings. The van der Waals surface area contributed by atoms with Crippen molar-refractivity contribution in [3.63, 3.8) is 0 Å². The summed E-state index contributed by atoms with van der Waals surface area (Å²) in [7, 11) is 1.80. The molecule has 0 spiro atoms. The maximum absolute atomic E-state index is 12.6. The van der Waals surface area contributed by atoms with Gasteiger partial charge in [-0.3, -0.25) is 9.48 Å². The summed E-state index contributed by atoms with van der Waals surface area (Å²) in [6, 6.07) is 7.15. The van der Waals surface area contributed by atoms with Crippen LogP contribution in [-0.4, -0.2) is 52.9 Å². The summed E-state index contributed by atoms with van der Waals surface area (Å²) in [6.07, 6.45) is 0.632. The molecular formula is C20H25N3O5. The van der Waals surface area contributed by atoms with Gasteiger partial charge in [-0.2, -0.15) is 5.10 Å². The molecule has 0 radical (unpaired) electrons. The molecule has 2 heterocycles. The standard InChI is InChI=1S/C20H25N3O5/c1-4-26-14-6-8-15(9-7-14)28-13-18(24)23-11-10-17-16(12-23)19(21-22(17)3)20(25)27-5-2/h6-9H,4-5,10-13H2,1-3H3. The second-order valence-corrected chi connectivity index (χ2v) is 6.38. The van der Waals surface area contributed by atoms with Crippen LogP contribution < -0.4 is 9.47 Å². The van der Waals surface area contributed by atoms with Gasteiger partial charge in [-0.1, -0.05) is 0 Å². The van der Waals surface area contributed by atoms with Crippen molar-refractivity contribution in [1.82, 2.24) is 14.7 Å². The van der Waals surface area contributed by atoms with E-state index in [0.717, 1.165) is 17.0 Å². The summed E-state index contributed by atoms with van der Waals surface area (Å²) in [4.78, 5) is 26.4. The molecular weight excluding hydrogens is 362 g/mol. The Morgan fingerprint density at radius 2 is 1.75 bits per heavy atom. The number of nitrogens with zero attached hydrogens (tertiary/aromatic N) is 3. The molecule has 3 rings (SSSR count). The average molecular weight is 387 g/mol. The smallest absolute Gasteiger partial charge is 0.359 e. The number of esters is 1. The zero-order valence-electron chi connectivity index (χ0n) is 16.4. The maximum atomic E-state index is 12.6. The molecule has 0 saturated carbocycles. The number of ether oxygens (including phenoxy) is 3. The van der Waals surface area contributed by atoms with Crippen molar-refractivity contribution in [1.29, 1.82) is 0 Å². The minimum absolute atomic E-state index is 0.0711. The Labute approximate surface area is 164 Å². The van der Waals surface area contributed by atoms with Crippen LogP contribution in [0, 0.1) is 0 Å². The Hall–Kier alpha value is -3.03. The number of carbonyl (C=O) groups excluding carboxylic acids is 2. The van der Waals surface area contributed by atoms with Gasteiger partial charge in [-0.05, 0) is 38.1 Å².